The fourth-order valence-corrected chi connectivity index (χ4v) is 6.92. The number of hydrogen-bond acceptors (Lipinski definition) is 4. The Kier molecular flexibility index (Phi) is 7.90. The number of halogens is 2. The van der Waals surface area contributed by atoms with Gasteiger partial charge in [-0.3, -0.25) is 9.59 Å². The van der Waals surface area contributed by atoms with Crippen LogP contribution in [0.1, 0.15) is 81.4 Å². The molecule has 6 nitrogen and oxygen atoms in total. The summed E-state index contributed by atoms with van der Waals surface area (Å²) in [6.07, 6.45) is 4.10. The van der Waals surface area contributed by atoms with E-state index >= 15 is 8.78 Å². The predicted molar refractivity (Wildman–Crippen MR) is 155 cm³/mol. The van der Waals surface area contributed by atoms with Crippen LogP contribution < -0.4 is 10.6 Å². The molecule has 220 valence electrons. The Balaban J connectivity index is 1.18. The van der Waals surface area contributed by atoms with Gasteiger partial charge in [-0.1, -0.05) is 24.3 Å². The SMILES string of the molecule is CC(C)N1CCC(O[C@H]2CCCC(F)(F)[C@@H]2NC(=O)Cc2cccc(-c3ccc4c(c3)CC(=O)N4)c2C2CC2)CC1. The van der Waals surface area contributed by atoms with Crippen LogP contribution in [0.15, 0.2) is 36.4 Å². The van der Waals surface area contributed by atoms with Gasteiger partial charge in [0.1, 0.15) is 6.04 Å². The zero-order valence-electron chi connectivity index (χ0n) is 24.1. The van der Waals surface area contributed by atoms with Crippen LogP contribution in [0, 0.1) is 0 Å². The topological polar surface area (TPSA) is 70.7 Å². The van der Waals surface area contributed by atoms with Crippen molar-refractivity contribution < 1.29 is 23.1 Å². The molecule has 2 aliphatic carbocycles. The van der Waals surface area contributed by atoms with E-state index in [9.17, 15) is 9.59 Å². The molecule has 3 fully saturated rings. The van der Waals surface area contributed by atoms with Gasteiger partial charge in [0.25, 0.3) is 5.92 Å². The molecule has 6 rings (SSSR count). The lowest BCUT2D eigenvalue weighted by Gasteiger charge is -2.42. The van der Waals surface area contributed by atoms with Crippen molar-refractivity contribution in [3.8, 4) is 11.1 Å². The minimum Gasteiger partial charge on any atom is -0.373 e. The summed E-state index contributed by atoms with van der Waals surface area (Å²) < 4.78 is 36.8. The molecule has 2 amide bonds. The molecule has 2 heterocycles. The van der Waals surface area contributed by atoms with E-state index in [2.05, 4.69) is 41.5 Å². The maximum atomic E-state index is 15.2. The number of benzene rings is 2. The number of anilines is 1. The van der Waals surface area contributed by atoms with E-state index in [0.29, 0.717) is 31.2 Å². The summed E-state index contributed by atoms with van der Waals surface area (Å²) in [5.74, 6) is -3.05. The number of fused-ring (bicyclic) bond motifs is 1. The smallest absolute Gasteiger partial charge is 0.270 e. The molecule has 0 aromatic heterocycles. The molecule has 0 unspecified atom stereocenters. The maximum Gasteiger partial charge on any atom is 0.270 e. The zero-order chi connectivity index (χ0) is 28.7. The molecule has 2 aromatic carbocycles. The third kappa shape index (κ3) is 6.19. The van der Waals surface area contributed by atoms with Crippen molar-refractivity contribution in [3.05, 3.63) is 53.1 Å². The largest absolute Gasteiger partial charge is 0.373 e. The lowest BCUT2D eigenvalue weighted by Crippen LogP contribution is -2.58. The van der Waals surface area contributed by atoms with Gasteiger partial charge in [-0.05, 0) is 98.2 Å². The molecule has 41 heavy (non-hydrogen) atoms. The molecule has 2 aliphatic heterocycles. The number of piperidine rings is 1. The molecule has 2 N–H and O–H groups in total. The summed E-state index contributed by atoms with van der Waals surface area (Å²) in [6.45, 7) is 6.15. The number of likely N-dealkylation sites (tertiary alicyclic amines) is 1. The Morgan fingerprint density at radius 2 is 1.90 bits per heavy atom. The first-order valence-electron chi connectivity index (χ1n) is 15.3. The van der Waals surface area contributed by atoms with Gasteiger partial charge in [0.05, 0.1) is 25.0 Å². The molecule has 2 aromatic rings. The van der Waals surface area contributed by atoms with E-state index < -0.39 is 18.1 Å². The van der Waals surface area contributed by atoms with Gasteiger partial charge in [-0.25, -0.2) is 8.78 Å². The quantitative estimate of drug-likeness (QED) is 0.423. The second-order valence-electron chi connectivity index (χ2n) is 12.6. The van der Waals surface area contributed by atoms with Gasteiger partial charge in [0.15, 0.2) is 0 Å². The Morgan fingerprint density at radius 1 is 1.12 bits per heavy atom. The number of alkyl halides is 2. The Labute approximate surface area is 241 Å². The van der Waals surface area contributed by atoms with Crippen LogP contribution in [0.25, 0.3) is 11.1 Å². The van der Waals surface area contributed by atoms with Gasteiger partial charge >= 0.3 is 0 Å². The highest BCUT2D eigenvalue weighted by Gasteiger charge is 2.49. The number of carbonyl (C=O) groups is 2. The Bertz CT molecular complexity index is 1300. The molecule has 2 atom stereocenters. The summed E-state index contributed by atoms with van der Waals surface area (Å²) >= 11 is 0. The Morgan fingerprint density at radius 3 is 2.63 bits per heavy atom. The standard InChI is InChI=1S/C33H41F2N3O3/c1-20(2)38-15-12-25(13-16-38)41-28-7-4-14-33(34,35)32(28)37-30(40)18-23-5-3-6-26(31(23)21-8-9-21)22-10-11-27-24(17-22)19-29(39)36-27/h3,5-6,10-11,17,20-21,25,28,32H,4,7-9,12-16,18-19H2,1-2H3,(H,36,39)(H,37,40)/t28-,32+/m0/s1. The fraction of sp³-hybridized carbons (Fsp3) is 0.576. The second kappa shape index (κ2) is 11.4. The average molecular weight is 566 g/mol. The highest BCUT2D eigenvalue weighted by Crippen LogP contribution is 2.47. The third-order valence-electron chi connectivity index (χ3n) is 9.29. The summed E-state index contributed by atoms with van der Waals surface area (Å²) in [4.78, 5) is 27.7. The number of rotatable bonds is 8. The Hall–Kier alpha value is -2.84. The number of carbonyl (C=O) groups excluding carboxylic acids is 2. The molecule has 0 bridgehead atoms. The first-order chi connectivity index (χ1) is 19.7. The second-order valence-corrected chi connectivity index (χ2v) is 12.6. The molecular formula is C33H41F2N3O3. The number of nitrogens with one attached hydrogen (secondary N) is 2. The molecule has 4 aliphatic rings. The summed E-state index contributed by atoms with van der Waals surface area (Å²) in [7, 11) is 0. The van der Waals surface area contributed by atoms with Gasteiger partial charge in [-0.2, -0.15) is 0 Å². The van der Waals surface area contributed by atoms with E-state index in [0.717, 1.165) is 72.3 Å². The van der Waals surface area contributed by atoms with Crippen molar-refractivity contribution in [2.45, 2.75) is 108 Å². The van der Waals surface area contributed by atoms with Crippen molar-refractivity contribution >= 4 is 17.5 Å². The maximum absolute atomic E-state index is 15.2. The highest BCUT2D eigenvalue weighted by molar-refractivity contribution is 5.99. The van der Waals surface area contributed by atoms with Crippen LogP contribution in [-0.2, 0) is 27.2 Å². The zero-order valence-corrected chi connectivity index (χ0v) is 24.1. The molecule has 2 saturated carbocycles. The molecule has 1 saturated heterocycles. The van der Waals surface area contributed by atoms with Crippen LogP contribution in [0.3, 0.4) is 0 Å². The van der Waals surface area contributed by atoms with Crippen molar-refractivity contribution in [2.75, 3.05) is 18.4 Å². The van der Waals surface area contributed by atoms with Gasteiger partial charge in [-0.15, -0.1) is 0 Å². The van der Waals surface area contributed by atoms with Crippen molar-refractivity contribution in [2.24, 2.45) is 0 Å². The molecule has 8 heteroatoms. The minimum atomic E-state index is -3.01. The van der Waals surface area contributed by atoms with Crippen LogP contribution in [-0.4, -0.2) is 60.0 Å². The highest BCUT2D eigenvalue weighted by atomic mass is 19.3. The number of nitrogens with zero attached hydrogens (tertiary/aromatic N) is 1. The first-order valence-corrected chi connectivity index (χ1v) is 15.3. The predicted octanol–water partition coefficient (Wildman–Crippen LogP) is 5.83. The van der Waals surface area contributed by atoms with Gasteiger partial charge < -0.3 is 20.3 Å². The summed E-state index contributed by atoms with van der Waals surface area (Å²) in [6, 6.07) is 11.1. The lowest BCUT2D eigenvalue weighted by atomic mass is 9.87. The average Bonchev–Trinajstić information content (AvgIpc) is 3.70. The monoisotopic (exact) mass is 565 g/mol. The van der Waals surface area contributed by atoms with Gasteiger partial charge in [0.2, 0.25) is 11.8 Å². The van der Waals surface area contributed by atoms with Crippen LogP contribution in [0.2, 0.25) is 0 Å². The summed E-state index contributed by atoms with van der Waals surface area (Å²) in [5, 5.41) is 5.62. The van der Waals surface area contributed by atoms with E-state index in [1.165, 1.54) is 0 Å². The van der Waals surface area contributed by atoms with Crippen LogP contribution in [0.4, 0.5) is 14.5 Å². The fourth-order valence-electron chi connectivity index (χ4n) is 6.92. The van der Waals surface area contributed by atoms with Crippen LogP contribution in [0.5, 0.6) is 0 Å². The van der Waals surface area contributed by atoms with E-state index in [1.807, 2.05) is 24.3 Å². The first kappa shape index (κ1) is 28.3. The number of ether oxygens (including phenoxy) is 1. The van der Waals surface area contributed by atoms with E-state index in [-0.39, 0.29) is 30.8 Å². The summed E-state index contributed by atoms with van der Waals surface area (Å²) in [5.41, 5.74) is 5.89. The third-order valence-corrected chi connectivity index (χ3v) is 9.29. The van der Waals surface area contributed by atoms with Crippen LogP contribution >= 0.6 is 0 Å². The van der Waals surface area contributed by atoms with Crippen molar-refractivity contribution in [1.29, 1.82) is 0 Å². The van der Waals surface area contributed by atoms with Crippen molar-refractivity contribution in [3.63, 3.8) is 0 Å². The molecular weight excluding hydrogens is 524 g/mol. The van der Waals surface area contributed by atoms with E-state index in [1.54, 1.807) is 0 Å². The van der Waals surface area contributed by atoms with Gasteiger partial charge in [0, 0.05) is 31.2 Å². The molecule has 0 spiro atoms. The number of hydrogen-bond donors (Lipinski definition) is 2. The van der Waals surface area contributed by atoms with Crippen molar-refractivity contribution in [1.82, 2.24) is 10.2 Å². The number of amides is 2. The lowest BCUT2D eigenvalue weighted by molar-refractivity contribution is -0.157. The minimum absolute atomic E-state index is 0.00666. The van der Waals surface area contributed by atoms with E-state index in [4.69, 9.17) is 4.74 Å². The normalized spacial score (nSPS) is 24.8. The molecule has 0 radical (unpaired) electrons.